The van der Waals surface area contributed by atoms with Gasteiger partial charge in [-0.05, 0) is 11.1 Å². The van der Waals surface area contributed by atoms with Gasteiger partial charge in [-0.25, -0.2) is 4.79 Å². The zero-order valence-electron chi connectivity index (χ0n) is 14.7. The summed E-state index contributed by atoms with van der Waals surface area (Å²) in [6.45, 7) is 4.12. The lowest BCUT2D eigenvalue weighted by molar-refractivity contribution is -0.126. The fourth-order valence-electron chi connectivity index (χ4n) is 3.37. The number of rotatable bonds is 5. The highest BCUT2D eigenvalue weighted by Crippen LogP contribution is 2.23. The molecule has 0 radical (unpaired) electrons. The summed E-state index contributed by atoms with van der Waals surface area (Å²) in [6.07, 6.45) is 0. The van der Waals surface area contributed by atoms with Crippen LogP contribution in [0.5, 0.6) is 0 Å². The third-order valence-electron chi connectivity index (χ3n) is 4.63. The molecule has 1 aliphatic rings. The highest BCUT2D eigenvalue weighted by molar-refractivity contribution is 5.96. The Morgan fingerprint density at radius 1 is 0.923 bits per heavy atom. The SMILES string of the molecule is NC(=O)NC(=O)C(c1ccccc1)N1CCN(Cc2ccccc2)CC1. The normalized spacial score (nSPS) is 16.8. The Morgan fingerprint density at radius 2 is 1.50 bits per heavy atom. The Hall–Kier alpha value is -2.70. The molecule has 3 amide bonds. The Kier molecular flexibility index (Phi) is 5.99. The van der Waals surface area contributed by atoms with Crippen molar-refractivity contribution in [3.05, 3.63) is 71.8 Å². The summed E-state index contributed by atoms with van der Waals surface area (Å²) in [5.74, 6) is -0.375. The van der Waals surface area contributed by atoms with Gasteiger partial charge in [-0.15, -0.1) is 0 Å². The quantitative estimate of drug-likeness (QED) is 0.859. The van der Waals surface area contributed by atoms with Gasteiger partial charge in [0.25, 0.3) is 0 Å². The number of nitrogens with one attached hydrogen (secondary N) is 1. The average molecular weight is 352 g/mol. The summed E-state index contributed by atoms with van der Waals surface area (Å²) in [4.78, 5) is 28.2. The van der Waals surface area contributed by atoms with E-state index in [-0.39, 0.29) is 5.91 Å². The molecule has 1 atom stereocenters. The monoisotopic (exact) mass is 352 g/mol. The second-order valence-corrected chi connectivity index (χ2v) is 6.46. The molecule has 1 unspecified atom stereocenters. The van der Waals surface area contributed by atoms with Crippen LogP contribution in [0.15, 0.2) is 60.7 Å². The molecular formula is C20H24N4O2. The molecule has 0 bridgehead atoms. The molecule has 0 spiro atoms. The van der Waals surface area contributed by atoms with Crippen molar-refractivity contribution in [1.82, 2.24) is 15.1 Å². The number of carbonyl (C=O) groups is 2. The van der Waals surface area contributed by atoms with Crippen LogP contribution in [-0.2, 0) is 11.3 Å². The molecule has 1 heterocycles. The first-order chi connectivity index (χ1) is 12.6. The lowest BCUT2D eigenvalue weighted by Crippen LogP contribution is -2.51. The van der Waals surface area contributed by atoms with Gasteiger partial charge in [0.15, 0.2) is 0 Å². The lowest BCUT2D eigenvalue weighted by Gasteiger charge is -2.38. The molecule has 2 aromatic rings. The zero-order valence-corrected chi connectivity index (χ0v) is 14.7. The minimum atomic E-state index is -0.821. The highest BCUT2D eigenvalue weighted by Gasteiger charge is 2.31. The molecule has 0 aliphatic carbocycles. The van der Waals surface area contributed by atoms with Gasteiger partial charge in [0.05, 0.1) is 0 Å². The van der Waals surface area contributed by atoms with Gasteiger partial charge in [-0.2, -0.15) is 0 Å². The van der Waals surface area contributed by atoms with E-state index in [1.807, 2.05) is 48.5 Å². The van der Waals surface area contributed by atoms with E-state index in [1.165, 1.54) is 5.56 Å². The number of nitrogens with two attached hydrogens (primary N) is 1. The first-order valence-corrected chi connectivity index (χ1v) is 8.79. The third kappa shape index (κ3) is 4.68. The minimum Gasteiger partial charge on any atom is -0.351 e. The van der Waals surface area contributed by atoms with Gasteiger partial charge in [0, 0.05) is 32.7 Å². The van der Waals surface area contributed by atoms with Crippen molar-refractivity contribution in [3.8, 4) is 0 Å². The standard InChI is InChI=1S/C20H24N4O2/c21-20(26)22-19(25)18(17-9-5-2-6-10-17)24-13-11-23(12-14-24)15-16-7-3-1-4-8-16/h1-10,18H,11-15H2,(H3,21,22,25,26). The van der Waals surface area contributed by atoms with Crippen LogP contribution >= 0.6 is 0 Å². The summed E-state index contributed by atoms with van der Waals surface area (Å²) in [7, 11) is 0. The van der Waals surface area contributed by atoms with Gasteiger partial charge < -0.3 is 5.73 Å². The Bertz CT molecular complexity index is 728. The molecule has 26 heavy (non-hydrogen) atoms. The summed E-state index contributed by atoms with van der Waals surface area (Å²) >= 11 is 0. The maximum absolute atomic E-state index is 12.6. The smallest absolute Gasteiger partial charge is 0.318 e. The first kappa shape index (κ1) is 18.1. The molecule has 6 nitrogen and oxygen atoms in total. The summed E-state index contributed by atoms with van der Waals surface area (Å²) < 4.78 is 0. The van der Waals surface area contributed by atoms with Crippen molar-refractivity contribution < 1.29 is 9.59 Å². The van der Waals surface area contributed by atoms with Crippen molar-refractivity contribution >= 4 is 11.9 Å². The molecule has 6 heteroatoms. The molecule has 3 rings (SSSR count). The highest BCUT2D eigenvalue weighted by atomic mass is 16.2. The molecule has 0 saturated carbocycles. The van der Waals surface area contributed by atoms with Crippen molar-refractivity contribution in [3.63, 3.8) is 0 Å². The second kappa shape index (κ2) is 8.60. The number of piperazine rings is 1. The van der Waals surface area contributed by atoms with Gasteiger partial charge >= 0.3 is 6.03 Å². The van der Waals surface area contributed by atoms with Crippen LogP contribution < -0.4 is 11.1 Å². The number of primary amides is 1. The van der Waals surface area contributed by atoms with E-state index in [9.17, 15) is 9.59 Å². The molecule has 136 valence electrons. The Labute approximate surface area is 153 Å². The Balaban J connectivity index is 1.67. The van der Waals surface area contributed by atoms with Crippen LogP contribution in [0.4, 0.5) is 4.79 Å². The lowest BCUT2D eigenvalue weighted by atomic mass is 10.0. The van der Waals surface area contributed by atoms with Crippen LogP contribution in [0.25, 0.3) is 0 Å². The van der Waals surface area contributed by atoms with E-state index in [2.05, 4.69) is 27.2 Å². The molecule has 0 aromatic heterocycles. The Morgan fingerprint density at radius 3 is 2.08 bits per heavy atom. The number of carbonyl (C=O) groups excluding carboxylic acids is 2. The summed E-state index contributed by atoms with van der Waals surface area (Å²) in [5.41, 5.74) is 7.30. The first-order valence-electron chi connectivity index (χ1n) is 8.79. The number of imide groups is 1. The molecule has 2 aromatic carbocycles. The number of benzene rings is 2. The van der Waals surface area contributed by atoms with Crippen molar-refractivity contribution in [1.29, 1.82) is 0 Å². The van der Waals surface area contributed by atoms with Gasteiger partial charge in [-0.3, -0.25) is 19.9 Å². The zero-order chi connectivity index (χ0) is 18.4. The maximum Gasteiger partial charge on any atom is 0.318 e. The molecule has 1 saturated heterocycles. The second-order valence-electron chi connectivity index (χ2n) is 6.46. The van der Waals surface area contributed by atoms with Crippen LogP contribution in [-0.4, -0.2) is 47.9 Å². The predicted octanol–water partition coefficient (Wildman–Crippen LogP) is 1.74. The predicted molar refractivity (Wildman–Crippen MR) is 100 cm³/mol. The summed E-state index contributed by atoms with van der Waals surface area (Å²) in [6, 6.07) is 18.5. The van der Waals surface area contributed by atoms with E-state index in [0.717, 1.165) is 38.3 Å². The van der Waals surface area contributed by atoms with Crippen LogP contribution in [0.3, 0.4) is 0 Å². The topological polar surface area (TPSA) is 78.7 Å². The molecule has 1 fully saturated rings. The fourth-order valence-corrected chi connectivity index (χ4v) is 3.37. The molecule has 3 N–H and O–H groups in total. The average Bonchev–Trinajstić information content (AvgIpc) is 2.64. The fraction of sp³-hybridized carbons (Fsp3) is 0.300. The van der Waals surface area contributed by atoms with E-state index in [4.69, 9.17) is 5.73 Å². The number of hydrogen-bond acceptors (Lipinski definition) is 4. The largest absolute Gasteiger partial charge is 0.351 e. The number of amides is 3. The number of urea groups is 1. The van der Waals surface area contributed by atoms with E-state index in [0.29, 0.717) is 0 Å². The summed E-state index contributed by atoms with van der Waals surface area (Å²) in [5, 5.41) is 2.23. The van der Waals surface area contributed by atoms with Crippen molar-refractivity contribution in [2.24, 2.45) is 5.73 Å². The van der Waals surface area contributed by atoms with Crippen LogP contribution in [0.1, 0.15) is 17.2 Å². The van der Waals surface area contributed by atoms with Crippen LogP contribution in [0, 0.1) is 0 Å². The van der Waals surface area contributed by atoms with E-state index in [1.54, 1.807) is 0 Å². The van der Waals surface area contributed by atoms with Gasteiger partial charge in [0.1, 0.15) is 6.04 Å². The maximum atomic E-state index is 12.6. The van der Waals surface area contributed by atoms with Crippen molar-refractivity contribution in [2.45, 2.75) is 12.6 Å². The van der Waals surface area contributed by atoms with Crippen molar-refractivity contribution in [2.75, 3.05) is 26.2 Å². The molecule has 1 aliphatic heterocycles. The van der Waals surface area contributed by atoms with Gasteiger partial charge in [-0.1, -0.05) is 60.7 Å². The van der Waals surface area contributed by atoms with E-state index >= 15 is 0 Å². The van der Waals surface area contributed by atoms with E-state index < -0.39 is 12.1 Å². The molecular weight excluding hydrogens is 328 g/mol. The number of hydrogen-bond donors (Lipinski definition) is 2. The van der Waals surface area contributed by atoms with Gasteiger partial charge in [0.2, 0.25) is 5.91 Å². The third-order valence-corrected chi connectivity index (χ3v) is 4.63. The minimum absolute atomic E-state index is 0.375. The van der Waals surface area contributed by atoms with Crippen LogP contribution in [0.2, 0.25) is 0 Å². The number of nitrogens with zero attached hydrogens (tertiary/aromatic N) is 2.